The average Bonchev–Trinajstić information content (AvgIpc) is 2.03. The average molecular weight is 246 g/mol. The molecule has 0 fully saturated rings. The van der Waals surface area contributed by atoms with Crippen molar-refractivity contribution in [3.63, 3.8) is 0 Å². The summed E-state index contributed by atoms with van der Waals surface area (Å²) in [4.78, 5) is 0.0249. The minimum Gasteiger partial charge on any atom is -0.743 e. The number of rotatable bonds is 3. The fourth-order valence-electron chi connectivity index (χ4n) is 0.677. The Labute approximate surface area is 102 Å². The van der Waals surface area contributed by atoms with Gasteiger partial charge in [-0.05, 0) is 23.9 Å². The smallest absolute Gasteiger partial charge is 0.743 e. The number of hydrogen-bond acceptors (Lipinski definition) is 4. The van der Waals surface area contributed by atoms with E-state index < -0.39 is 14.7 Å². The van der Waals surface area contributed by atoms with E-state index in [1.165, 1.54) is 24.3 Å². The molecule has 0 N–H and O–H groups in total. The molecule has 0 spiro atoms. The summed E-state index contributed by atoms with van der Waals surface area (Å²) in [5.41, 5.74) is 0. The summed E-state index contributed by atoms with van der Waals surface area (Å²) in [6.45, 7) is 0. The Bertz CT molecular complexity index is 408. The predicted molar refractivity (Wildman–Crippen MR) is 46.9 cm³/mol. The van der Waals surface area contributed by atoms with Crippen molar-refractivity contribution < 1.29 is 40.6 Å². The quantitative estimate of drug-likeness (QED) is 0.385. The molecule has 3 nitrogen and oxygen atoms in total. The Balaban J connectivity index is 0.00000196. The molecular formula is C7H5F2LiO3S2. The van der Waals surface area contributed by atoms with Gasteiger partial charge in [0, 0.05) is 4.90 Å². The molecule has 0 aromatic heterocycles. The van der Waals surface area contributed by atoms with Crippen LogP contribution in [0, 0.1) is 0 Å². The van der Waals surface area contributed by atoms with Gasteiger partial charge in [0.2, 0.25) is 0 Å². The topological polar surface area (TPSA) is 57.2 Å². The molecule has 0 radical (unpaired) electrons. The van der Waals surface area contributed by atoms with E-state index in [2.05, 4.69) is 0 Å². The van der Waals surface area contributed by atoms with Gasteiger partial charge < -0.3 is 4.55 Å². The van der Waals surface area contributed by atoms with E-state index in [4.69, 9.17) is 0 Å². The van der Waals surface area contributed by atoms with Crippen LogP contribution in [-0.4, -0.2) is 17.6 Å². The largest absolute Gasteiger partial charge is 1.00 e. The first kappa shape index (κ1) is 14.9. The Morgan fingerprint density at radius 3 is 2.07 bits per heavy atom. The molecule has 0 aliphatic heterocycles. The van der Waals surface area contributed by atoms with Crippen LogP contribution in [-0.2, 0) is 10.1 Å². The molecule has 0 unspecified atom stereocenters. The summed E-state index contributed by atoms with van der Waals surface area (Å²) in [6.07, 6.45) is 0. The molecule has 0 amide bonds. The van der Waals surface area contributed by atoms with Crippen molar-refractivity contribution in [1.29, 1.82) is 0 Å². The maximum atomic E-state index is 12.7. The van der Waals surface area contributed by atoms with Gasteiger partial charge in [-0.15, -0.1) is 0 Å². The SMILES string of the molecule is O=S(=O)([O-])C(F)(F)Sc1ccccc1.[Li+]. The molecule has 1 rings (SSSR count). The van der Waals surface area contributed by atoms with Crippen LogP contribution in [0.15, 0.2) is 35.2 Å². The Morgan fingerprint density at radius 1 is 1.20 bits per heavy atom. The maximum Gasteiger partial charge on any atom is 1.00 e. The van der Waals surface area contributed by atoms with Gasteiger partial charge in [0.25, 0.3) is 0 Å². The molecule has 1 aromatic carbocycles. The van der Waals surface area contributed by atoms with Crippen LogP contribution in [0.2, 0.25) is 0 Å². The third-order valence-corrected chi connectivity index (χ3v) is 3.46. The van der Waals surface area contributed by atoms with E-state index >= 15 is 0 Å². The van der Waals surface area contributed by atoms with Crippen molar-refractivity contribution in [3.8, 4) is 0 Å². The minimum absolute atomic E-state index is 0. The molecule has 0 bridgehead atoms. The van der Waals surface area contributed by atoms with Crippen molar-refractivity contribution in [2.75, 3.05) is 0 Å². The van der Waals surface area contributed by atoms with Crippen LogP contribution in [0.4, 0.5) is 8.78 Å². The molecule has 0 aliphatic carbocycles. The molecule has 1 aromatic rings. The molecule has 8 heteroatoms. The summed E-state index contributed by atoms with van der Waals surface area (Å²) < 4.78 is 51.4. The van der Waals surface area contributed by atoms with E-state index in [0.29, 0.717) is 0 Å². The molecule has 0 atom stereocenters. The van der Waals surface area contributed by atoms with Gasteiger partial charge in [0.1, 0.15) is 0 Å². The second-order valence-corrected chi connectivity index (χ2v) is 5.20. The first-order chi connectivity index (χ1) is 6.33. The fraction of sp³-hybridized carbons (Fsp3) is 0.143. The number of thioether (sulfide) groups is 1. The van der Waals surface area contributed by atoms with Crippen molar-refractivity contribution >= 4 is 21.9 Å². The van der Waals surface area contributed by atoms with Crippen LogP contribution in [0.25, 0.3) is 0 Å². The van der Waals surface area contributed by atoms with E-state index in [-0.39, 0.29) is 35.5 Å². The Morgan fingerprint density at radius 2 is 1.67 bits per heavy atom. The summed E-state index contributed by atoms with van der Waals surface area (Å²) in [6, 6.07) is 7.12. The molecule has 78 valence electrons. The van der Waals surface area contributed by atoms with Gasteiger partial charge in [0.15, 0.2) is 10.1 Å². The van der Waals surface area contributed by atoms with Crippen LogP contribution < -0.4 is 18.9 Å². The Kier molecular flexibility index (Phi) is 5.30. The number of alkyl halides is 2. The first-order valence-electron chi connectivity index (χ1n) is 3.40. The second kappa shape index (κ2) is 5.32. The van der Waals surface area contributed by atoms with Crippen LogP contribution in [0.3, 0.4) is 0 Å². The standard InChI is InChI=1S/C7H6F2O3S2.Li/c8-7(9,14(10,11)12)13-6-4-2-1-3-5-6;/h1-5H,(H,10,11,12);/q;+1/p-1. The number of halogens is 2. The van der Waals surface area contributed by atoms with E-state index in [0.717, 1.165) is 0 Å². The van der Waals surface area contributed by atoms with E-state index in [1.54, 1.807) is 6.07 Å². The Hall–Kier alpha value is -0.0626. The molecule has 15 heavy (non-hydrogen) atoms. The van der Waals surface area contributed by atoms with Crippen molar-refractivity contribution in [3.05, 3.63) is 30.3 Å². The molecule has 0 saturated carbocycles. The normalized spacial score (nSPS) is 11.9. The number of benzene rings is 1. The second-order valence-electron chi connectivity index (χ2n) is 2.33. The summed E-state index contributed by atoms with van der Waals surface area (Å²) in [7, 11) is -5.62. The zero-order valence-corrected chi connectivity index (χ0v) is 9.32. The molecule has 0 aliphatic rings. The third-order valence-electron chi connectivity index (χ3n) is 1.27. The summed E-state index contributed by atoms with van der Waals surface area (Å²) in [5.74, 6) is 0. The van der Waals surface area contributed by atoms with Crippen molar-refractivity contribution in [2.45, 2.75) is 9.48 Å². The number of hydrogen-bond donors (Lipinski definition) is 0. The van der Waals surface area contributed by atoms with E-state index in [1.807, 2.05) is 0 Å². The van der Waals surface area contributed by atoms with Gasteiger partial charge in [-0.25, -0.2) is 8.42 Å². The van der Waals surface area contributed by atoms with Gasteiger partial charge >= 0.3 is 23.4 Å². The molecular weight excluding hydrogens is 241 g/mol. The van der Waals surface area contributed by atoms with Crippen molar-refractivity contribution in [2.24, 2.45) is 0 Å². The summed E-state index contributed by atoms with van der Waals surface area (Å²) >= 11 is -0.281. The zero-order chi connectivity index (χ0) is 10.8. The first-order valence-corrected chi connectivity index (χ1v) is 5.63. The van der Waals surface area contributed by atoms with Gasteiger partial charge in [-0.3, -0.25) is 0 Å². The van der Waals surface area contributed by atoms with Gasteiger partial charge in [0.05, 0.1) is 0 Å². The maximum absolute atomic E-state index is 12.7. The third kappa shape index (κ3) is 4.13. The van der Waals surface area contributed by atoms with Crippen LogP contribution >= 0.6 is 11.8 Å². The van der Waals surface area contributed by atoms with Gasteiger partial charge in [-0.1, -0.05) is 18.2 Å². The fourth-order valence-corrected chi connectivity index (χ4v) is 1.94. The minimum atomic E-state index is -5.62. The monoisotopic (exact) mass is 246 g/mol. The zero-order valence-electron chi connectivity index (χ0n) is 7.68. The van der Waals surface area contributed by atoms with E-state index in [9.17, 15) is 21.8 Å². The molecule has 0 heterocycles. The van der Waals surface area contributed by atoms with Crippen LogP contribution in [0.5, 0.6) is 0 Å². The molecule has 0 saturated heterocycles. The van der Waals surface area contributed by atoms with Crippen LogP contribution in [0.1, 0.15) is 0 Å². The van der Waals surface area contributed by atoms with Crippen molar-refractivity contribution in [1.82, 2.24) is 0 Å². The van der Waals surface area contributed by atoms with Gasteiger partial charge in [-0.2, -0.15) is 8.78 Å². The predicted octanol–water partition coefficient (Wildman–Crippen LogP) is -1.12. The summed E-state index contributed by atoms with van der Waals surface area (Å²) in [5, 5.41) is 0.